The number of alkyl carbamates (subject to hydrolysis) is 1. The topological polar surface area (TPSA) is 85.5 Å². The van der Waals surface area contributed by atoms with Gasteiger partial charge in [-0.15, -0.1) is 0 Å². The predicted octanol–water partition coefficient (Wildman–Crippen LogP) is 3.36. The molecule has 1 aromatic heterocycles. The van der Waals surface area contributed by atoms with Crippen molar-refractivity contribution in [2.45, 2.75) is 6.04 Å². The Morgan fingerprint density at radius 3 is 2.31 bits per heavy atom. The van der Waals surface area contributed by atoms with Crippen LogP contribution < -0.4 is 14.8 Å². The van der Waals surface area contributed by atoms with E-state index in [1.807, 2.05) is 54.6 Å². The number of rotatable bonds is 6. The molecule has 0 radical (unpaired) electrons. The van der Waals surface area contributed by atoms with Crippen molar-refractivity contribution < 1.29 is 19.0 Å². The van der Waals surface area contributed by atoms with Crippen LogP contribution in [0.4, 0.5) is 4.79 Å². The Labute approximate surface area is 149 Å². The van der Waals surface area contributed by atoms with Crippen molar-refractivity contribution in [3.8, 4) is 28.5 Å². The van der Waals surface area contributed by atoms with Crippen molar-refractivity contribution in [2.75, 3.05) is 13.2 Å². The van der Waals surface area contributed by atoms with Gasteiger partial charge in [0.25, 0.3) is 0 Å². The fourth-order valence-corrected chi connectivity index (χ4v) is 2.57. The van der Waals surface area contributed by atoms with Gasteiger partial charge in [-0.25, -0.2) is 4.79 Å². The lowest BCUT2D eigenvalue weighted by Gasteiger charge is -2.11. The number of amides is 1. The summed E-state index contributed by atoms with van der Waals surface area (Å²) in [4.78, 5) is 11.0. The van der Waals surface area contributed by atoms with E-state index in [4.69, 9.17) is 14.2 Å². The number of carbonyl (C=O) groups excluding carboxylic acids is 1. The molecule has 0 unspecified atom stereocenters. The van der Waals surface area contributed by atoms with Crippen LogP contribution in [0.5, 0.6) is 17.2 Å². The molecule has 2 aromatic carbocycles. The average Bonchev–Trinajstić information content (AvgIpc) is 3.34. The van der Waals surface area contributed by atoms with E-state index in [-0.39, 0.29) is 6.04 Å². The molecule has 132 valence electrons. The molecule has 1 saturated heterocycles. The van der Waals surface area contributed by atoms with E-state index in [2.05, 4.69) is 15.5 Å². The summed E-state index contributed by atoms with van der Waals surface area (Å²) in [6, 6.07) is 16.9. The van der Waals surface area contributed by atoms with E-state index in [0.717, 1.165) is 17.0 Å². The highest BCUT2D eigenvalue weighted by Gasteiger charge is 2.22. The minimum absolute atomic E-state index is 0.119. The molecular weight excluding hydrogens is 334 g/mol. The van der Waals surface area contributed by atoms with Crippen molar-refractivity contribution >= 4 is 6.09 Å². The lowest BCUT2D eigenvalue weighted by molar-refractivity contribution is 0.174. The van der Waals surface area contributed by atoms with Crippen LogP contribution in [0.15, 0.2) is 60.8 Å². The van der Waals surface area contributed by atoms with Crippen LogP contribution in [0.25, 0.3) is 11.3 Å². The molecule has 1 aliphatic rings. The van der Waals surface area contributed by atoms with Gasteiger partial charge in [0.2, 0.25) is 0 Å². The van der Waals surface area contributed by atoms with Gasteiger partial charge in [-0.2, -0.15) is 5.10 Å². The number of H-pyrrole nitrogens is 1. The van der Waals surface area contributed by atoms with Gasteiger partial charge in [-0.3, -0.25) is 5.10 Å². The second-order valence-corrected chi connectivity index (χ2v) is 5.82. The zero-order chi connectivity index (χ0) is 17.8. The van der Waals surface area contributed by atoms with Crippen LogP contribution in [0.2, 0.25) is 0 Å². The van der Waals surface area contributed by atoms with Crippen molar-refractivity contribution in [3.05, 3.63) is 60.8 Å². The molecule has 3 aromatic rings. The Morgan fingerprint density at radius 1 is 1.00 bits per heavy atom. The first kappa shape index (κ1) is 16.0. The normalized spacial score (nSPS) is 16.0. The summed E-state index contributed by atoms with van der Waals surface area (Å²) in [5, 5.41) is 9.54. The Kier molecular flexibility index (Phi) is 4.42. The molecule has 2 heterocycles. The summed E-state index contributed by atoms with van der Waals surface area (Å²) in [5.74, 6) is 2.16. The number of hydrogen-bond donors (Lipinski definition) is 2. The highest BCUT2D eigenvalue weighted by atomic mass is 16.6. The van der Waals surface area contributed by atoms with E-state index in [9.17, 15) is 4.79 Å². The van der Waals surface area contributed by atoms with E-state index >= 15 is 0 Å². The molecule has 1 amide bonds. The van der Waals surface area contributed by atoms with Gasteiger partial charge in [0.1, 0.15) is 36.5 Å². The minimum atomic E-state index is -0.402. The predicted molar refractivity (Wildman–Crippen MR) is 94.3 cm³/mol. The van der Waals surface area contributed by atoms with Gasteiger partial charge >= 0.3 is 6.09 Å². The number of nitrogens with zero attached hydrogens (tertiary/aromatic N) is 1. The summed E-state index contributed by atoms with van der Waals surface area (Å²) >= 11 is 0. The maximum Gasteiger partial charge on any atom is 0.407 e. The zero-order valence-corrected chi connectivity index (χ0v) is 13.8. The third kappa shape index (κ3) is 3.77. The molecule has 0 aliphatic carbocycles. The van der Waals surface area contributed by atoms with Crippen LogP contribution in [-0.4, -0.2) is 35.5 Å². The van der Waals surface area contributed by atoms with Crippen LogP contribution in [0.1, 0.15) is 0 Å². The van der Waals surface area contributed by atoms with Gasteiger partial charge in [0.15, 0.2) is 0 Å². The number of carbonyl (C=O) groups is 1. The van der Waals surface area contributed by atoms with Crippen molar-refractivity contribution in [1.82, 2.24) is 15.5 Å². The van der Waals surface area contributed by atoms with E-state index in [0.29, 0.717) is 24.7 Å². The van der Waals surface area contributed by atoms with E-state index in [1.54, 1.807) is 6.20 Å². The van der Waals surface area contributed by atoms with Gasteiger partial charge in [0, 0.05) is 6.20 Å². The molecule has 1 aliphatic heterocycles. The van der Waals surface area contributed by atoms with Crippen molar-refractivity contribution in [2.24, 2.45) is 0 Å². The number of benzene rings is 2. The molecule has 1 fully saturated rings. The van der Waals surface area contributed by atoms with Crippen LogP contribution >= 0.6 is 0 Å². The summed E-state index contributed by atoms with van der Waals surface area (Å²) in [6.45, 7) is 0.690. The molecule has 2 N–H and O–H groups in total. The minimum Gasteiger partial charge on any atom is -0.491 e. The first-order chi connectivity index (χ1) is 12.8. The molecular formula is C19H17N3O4. The molecule has 7 nitrogen and oxygen atoms in total. The van der Waals surface area contributed by atoms with Crippen LogP contribution in [0, 0.1) is 0 Å². The summed E-state index contributed by atoms with van der Waals surface area (Å²) in [5.41, 5.74) is 2.00. The number of hydrogen-bond acceptors (Lipinski definition) is 5. The maximum atomic E-state index is 11.0. The summed E-state index contributed by atoms with van der Waals surface area (Å²) in [7, 11) is 0. The SMILES string of the molecule is O=C1N[C@H](COc2ccc(Oc3ccc(-c4ccn[nH]4)cc3)cc2)CO1. The van der Waals surface area contributed by atoms with E-state index in [1.165, 1.54) is 0 Å². The van der Waals surface area contributed by atoms with Gasteiger partial charge < -0.3 is 19.5 Å². The first-order valence-electron chi connectivity index (χ1n) is 8.20. The molecule has 1 atom stereocenters. The molecule has 26 heavy (non-hydrogen) atoms. The van der Waals surface area contributed by atoms with Crippen LogP contribution in [0.3, 0.4) is 0 Å². The maximum absolute atomic E-state index is 11.0. The first-order valence-corrected chi connectivity index (χ1v) is 8.20. The van der Waals surface area contributed by atoms with Crippen molar-refractivity contribution in [3.63, 3.8) is 0 Å². The number of nitrogens with one attached hydrogen (secondary N) is 2. The molecule has 0 saturated carbocycles. The Morgan fingerprint density at radius 2 is 1.69 bits per heavy atom. The number of aromatic amines is 1. The standard InChI is InChI=1S/C19H17N3O4/c23-19-21-14(12-25-19)11-24-15-5-7-17(8-6-15)26-16-3-1-13(2-4-16)18-9-10-20-22-18/h1-10,14H,11-12H2,(H,20,22)(H,21,23)/t14-/m1/s1. The quantitative estimate of drug-likeness (QED) is 0.711. The Balaban J connectivity index is 1.33. The second-order valence-electron chi connectivity index (χ2n) is 5.82. The van der Waals surface area contributed by atoms with E-state index < -0.39 is 6.09 Å². The monoisotopic (exact) mass is 351 g/mol. The lowest BCUT2D eigenvalue weighted by Crippen LogP contribution is -2.32. The fourth-order valence-electron chi connectivity index (χ4n) is 2.57. The third-order valence-electron chi connectivity index (χ3n) is 3.91. The molecule has 4 rings (SSSR count). The average molecular weight is 351 g/mol. The second kappa shape index (κ2) is 7.18. The number of cyclic esters (lactones) is 1. The Hall–Kier alpha value is -3.48. The van der Waals surface area contributed by atoms with Crippen molar-refractivity contribution in [1.29, 1.82) is 0 Å². The smallest absolute Gasteiger partial charge is 0.407 e. The highest BCUT2D eigenvalue weighted by molar-refractivity contribution is 5.69. The zero-order valence-electron chi connectivity index (χ0n) is 13.8. The summed E-state index contributed by atoms with van der Waals surface area (Å²) in [6.07, 6.45) is 1.32. The number of ether oxygens (including phenoxy) is 3. The van der Waals surface area contributed by atoms with Gasteiger partial charge in [-0.05, 0) is 60.2 Å². The largest absolute Gasteiger partial charge is 0.491 e. The van der Waals surface area contributed by atoms with Gasteiger partial charge in [-0.1, -0.05) is 0 Å². The molecule has 7 heteroatoms. The van der Waals surface area contributed by atoms with Gasteiger partial charge in [0.05, 0.1) is 5.69 Å². The Bertz CT molecular complexity index is 861. The fraction of sp³-hybridized carbons (Fsp3) is 0.158. The molecule has 0 spiro atoms. The molecule has 0 bridgehead atoms. The number of aromatic nitrogens is 2. The highest BCUT2D eigenvalue weighted by Crippen LogP contribution is 2.26. The summed E-state index contributed by atoms with van der Waals surface area (Å²) < 4.78 is 16.3. The van der Waals surface area contributed by atoms with Crippen LogP contribution in [-0.2, 0) is 4.74 Å². The third-order valence-corrected chi connectivity index (χ3v) is 3.91. The lowest BCUT2D eigenvalue weighted by atomic mass is 10.1.